The molecule has 4 aliphatic rings. The molecule has 3 aliphatic carbocycles. The van der Waals surface area contributed by atoms with E-state index in [4.69, 9.17) is 27.9 Å². The van der Waals surface area contributed by atoms with Gasteiger partial charge in [0.15, 0.2) is 0 Å². The third kappa shape index (κ3) is 4.64. The molecular weight excluding hydrogens is 587 g/mol. The van der Waals surface area contributed by atoms with Crippen molar-refractivity contribution in [2.24, 2.45) is 11.8 Å². The zero-order chi connectivity index (χ0) is 30.5. The van der Waals surface area contributed by atoms with E-state index in [1.807, 2.05) is 48.5 Å². The van der Waals surface area contributed by atoms with Gasteiger partial charge in [-0.15, -0.1) is 23.2 Å². The topological polar surface area (TPSA) is 92.8 Å². The number of carbonyl (C=O) groups excluding carboxylic acids is 4. The second kappa shape index (κ2) is 11.1. The third-order valence-corrected chi connectivity index (χ3v) is 9.99. The summed E-state index contributed by atoms with van der Waals surface area (Å²) in [6.45, 7) is 3.81. The molecule has 1 aliphatic heterocycles. The van der Waals surface area contributed by atoms with Crippen molar-refractivity contribution in [3.63, 3.8) is 0 Å². The van der Waals surface area contributed by atoms with Crippen molar-refractivity contribution in [1.82, 2.24) is 4.90 Å². The largest absolute Gasteiger partial charge is 0.459 e. The highest BCUT2D eigenvalue weighted by Gasteiger charge is 2.72. The van der Waals surface area contributed by atoms with Crippen molar-refractivity contribution >= 4 is 52.6 Å². The molecule has 222 valence electrons. The van der Waals surface area contributed by atoms with E-state index >= 15 is 0 Å². The number of ether oxygens (including phenoxy) is 1. The fourth-order valence-corrected chi connectivity index (χ4v) is 7.97. The molecule has 1 saturated heterocycles. The molecule has 1 N–H and O–H groups in total. The van der Waals surface area contributed by atoms with Gasteiger partial charge < -0.3 is 10.1 Å². The average molecular weight is 620 g/mol. The van der Waals surface area contributed by atoms with Gasteiger partial charge in [0.2, 0.25) is 17.7 Å². The second-order valence-corrected chi connectivity index (χ2v) is 12.9. The fourth-order valence-electron chi connectivity index (χ4n) is 6.87. The standard InChI is InChI=1S/C34H32Cl2N2O5/c1-20(2)43-32(42)21-15-17-22(18-16-21)37-27(39)14-4-3-9-19-38-30(40)28-29(31(38)41)34(36)24-11-6-5-10-23(24)33(28,35)25-12-7-8-13-26(25)34/h5-8,10-13,15-18,20,28-29H,3-4,9,14,19H2,1-2H3,(H,37,39)/t28-,29+,33?,34?. The van der Waals surface area contributed by atoms with E-state index in [9.17, 15) is 19.2 Å². The Balaban J connectivity index is 1.07. The Bertz CT molecular complexity index is 1500. The van der Waals surface area contributed by atoms with Crippen molar-refractivity contribution in [1.29, 1.82) is 0 Å². The van der Waals surface area contributed by atoms with E-state index in [-0.39, 0.29) is 36.8 Å². The Labute approximate surface area is 260 Å². The van der Waals surface area contributed by atoms with Crippen LogP contribution in [0.25, 0.3) is 0 Å². The van der Waals surface area contributed by atoms with Crippen molar-refractivity contribution in [3.8, 4) is 0 Å². The number of esters is 1. The van der Waals surface area contributed by atoms with Crippen LogP contribution in [0.2, 0.25) is 0 Å². The number of alkyl halides is 2. The lowest BCUT2D eigenvalue weighted by Gasteiger charge is -2.54. The molecule has 0 spiro atoms. The smallest absolute Gasteiger partial charge is 0.338 e. The maximum Gasteiger partial charge on any atom is 0.338 e. The molecule has 0 aromatic heterocycles. The monoisotopic (exact) mass is 618 g/mol. The van der Waals surface area contributed by atoms with Crippen LogP contribution < -0.4 is 5.32 Å². The van der Waals surface area contributed by atoms with Crippen LogP contribution in [-0.2, 0) is 28.9 Å². The van der Waals surface area contributed by atoms with Crippen LogP contribution in [0.15, 0.2) is 72.8 Å². The van der Waals surface area contributed by atoms with Crippen LogP contribution in [-0.4, -0.2) is 41.2 Å². The van der Waals surface area contributed by atoms with Crippen LogP contribution in [0.3, 0.4) is 0 Å². The van der Waals surface area contributed by atoms with Crippen molar-refractivity contribution in [2.75, 3.05) is 11.9 Å². The number of hydrogen-bond donors (Lipinski definition) is 1. The van der Waals surface area contributed by atoms with Crippen LogP contribution in [0.4, 0.5) is 5.69 Å². The quantitative estimate of drug-likeness (QED) is 0.131. The minimum atomic E-state index is -1.18. The van der Waals surface area contributed by atoms with Gasteiger partial charge in [-0.1, -0.05) is 55.0 Å². The first-order valence-corrected chi connectivity index (χ1v) is 15.4. The Morgan fingerprint density at radius 3 is 1.74 bits per heavy atom. The number of nitrogens with one attached hydrogen (secondary N) is 1. The number of hydrogen-bond acceptors (Lipinski definition) is 5. The maximum absolute atomic E-state index is 13.9. The molecule has 7 rings (SSSR count). The Morgan fingerprint density at radius 1 is 0.791 bits per heavy atom. The molecule has 43 heavy (non-hydrogen) atoms. The lowest BCUT2D eigenvalue weighted by molar-refractivity contribution is -0.140. The van der Waals surface area contributed by atoms with E-state index in [0.717, 1.165) is 22.3 Å². The molecule has 3 aromatic rings. The van der Waals surface area contributed by atoms with Crippen molar-refractivity contribution < 1.29 is 23.9 Å². The fraction of sp³-hybridized carbons (Fsp3) is 0.353. The molecule has 1 heterocycles. The summed E-state index contributed by atoms with van der Waals surface area (Å²) in [4.78, 5) is 51.2. The molecule has 9 heteroatoms. The molecule has 3 aromatic carbocycles. The number of benzene rings is 3. The molecule has 0 unspecified atom stereocenters. The first kappa shape index (κ1) is 29.4. The lowest BCUT2D eigenvalue weighted by Crippen LogP contribution is -2.57. The zero-order valence-electron chi connectivity index (χ0n) is 23.9. The lowest BCUT2D eigenvalue weighted by atomic mass is 9.54. The second-order valence-electron chi connectivity index (χ2n) is 11.7. The number of likely N-dealkylation sites (tertiary alicyclic amines) is 1. The summed E-state index contributed by atoms with van der Waals surface area (Å²) in [5, 5.41) is 2.83. The summed E-state index contributed by atoms with van der Waals surface area (Å²) in [7, 11) is 0. The summed E-state index contributed by atoms with van der Waals surface area (Å²) in [6.07, 6.45) is 1.86. The first-order chi connectivity index (χ1) is 20.6. The number of amides is 3. The van der Waals surface area contributed by atoms with Gasteiger partial charge in [0.05, 0.1) is 23.5 Å². The maximum atomic E-state index is 13.9. The highest BCUT2D eigenvalue weighted by molar-refractivity contribution is 6.36. The molecule has 1 fully saturated rings. The van der Waals surface area contributed by atoms with Crippen molar-refractivity contribution in [2.45, 2.75) is 55.4 Å². The predicted octanol–water partition coefficient (Wildman–Crippen LogP) is 6.34. The molecule has 2 atom stereocenters. The highest BCUT2D eigenvalue weighted by atomic mass is 35.5. The minimum Gasteiger partial charge on any atom is -0.459 e. The van der Waals surface area contributed by atoms with Gasteiger partial charge in [0.25, 0.3) is 0 Å². The predicted molar refractivity (Wildman–Crippen MR) is 164 cm³/mol. The summed E-state index contributed by atoms with van der Waals surface area (Å²) in [5.41, 5.74) is 4.13. The van der Waals surface area contributed by atoms with Crippen LogP contribution in [0, 0.1) is 11.8 Å². The number of imide groups is 1. The van der Waals surface area contributed by atoms with Gasteiger partial charge in [0, 0.05) is 18.7 Å². The highest BCUT2D eigenvalue weighted by Crippen LogP contribution is 2.69. The van der Waals surface area contributed by atoms with Gasteiger partial charge in [-0.3, -0.25) is 19.3 Å². The van der Waals surface area contributed by atoms with Crippen LogP contribution >= 0.6 is 23.2 Å². The number of rotatable bonds is 9. The molecular formula is C34H32Cl2N2O5. The van der Waals surface area contributed by atoms with Gasteiger partial charge in [-0.2, -0.15) is 0 Å². The Morgan fingerprint density at radius 2 is 1.28 bits per heavy atom. The average Bonchev–Trinajstić information content (AvgIpc) is 3.26. The normalized spacial score (nSPS) is 24.9. The third-order valence-electron chi connectivity index (χ3n) is 8.71. The van der Waals surface area contributed by atoms with E-state index < -0.39 is 27.6 Å². The summed E-state index contributed by atoms with van der Waals surface area (Å²) >= 11 is 14.9. The Kier molecular flexibility index (Phi) is 7.59. The summed E-state index contributed by atoms with van der Waals surface area (Å²) in [6, 6.07) is 21.7. The van der Waals surface area contributed by atoms with E-state index in [1.54, 1.807) is 38.1 Å². The zero-order valence-corrected chi connectivity index (χ0v) is 25.5. The molecule has 3 amide bonds. The van der Waals surface area contributed by atoms with Crippen LogP contribution in [0.1, 0.15) is 72.1 Å². The summed E-state index contributed by atoms with van der Waals surface area (Å²) in [5.74, 6) is -2.75. The van der Waals surface area contributed by atoms with E-state index in [1.165, 1.54) is 4.90 Å². The van der Waals surface area contributed by atoms with E-state index in [2.05, 4.69) is 5.32 Å². The van der Waals surface area contributed by atoms with Gasteiger partial charge in [-0.05, 0) is 73.2 Å². The minimum absolute atomic E-state index is 0.155. The Hall–Kier alpha value is -3.68. The molecule has 7 nitrogen and oxygen atoms in total. The number of halogens is 2. The number of unbranched alkanes of at least 4 members (excludes halogenated alkanes) is 2. The summed E-state index contributed by atoms with van der Waals surface area (Å²) < 4.78 is 5.18. The number of anilines is 1. The SMILES string of the molecule is CC(C)OC(=O)c1ccc(NC(=O)CCCCCN2C(=O)[C@@H]3[C@H](C2=O)C2(Cl)c4ccccc4C3(Cl)c3ccccc32)cc1. The van der Waals surface area contributed by atoms with Crippen LogP contribution in [0.5, 0.6) is 0 Å². The van der Waals surface area contributed by atoms with Gasteiger partial charge in [0.1, 0.15) is 9.75 Å². The van der Waals surface area contributed by atoms with Gasteiger partial charge >= 0.3 is 5.97 Å². The molecule has 0 saturated carbocycles. The number of nitrogens with zero attached hydrogens (tertiary/aromatic N) is 1. The molecule has 0 radical (unpaired) electrons. The van der Waals surface area contributed by atoms with E-state index in [0.29, 0.717) is 30.5 Å². The van der Waals surface area contributed by atoms with Gasteiger partial charge in [-0.25, -0.2) is 4.79 Å². The van der Waals surface area contributed by atoms with Crippen molar-refractivity contribution in [3.05, 3.63) is 101 Å². The first-order valence-electron chi connectivity index (χ1n) is 14.6. The number of carbonyl (C=O) groups is 4. The molecule has 2 bridgehead atoms.